The molecule has 0 atom stereocenters. The minimum absolute atomic E-state index is 0.107. The van der Waals surface area contributed by atoms with Crippen molar-refractivity contribution >= 4 is 11.6 Å². The van der Waals surface area contributed by atoms with Gasteiger partial charge in [0, 0.05) is 17.7 Å². The fourth-order valence-corrected chi connectivity index (χ4v) is 1.77. The van der Waals surface area contributed by atoms with Crippen molar-refractivity contribution in [2.75, 3.05) is 5.32 Å². The van der Waals surface area contributed by atoms with E-state index in [4.69, 9.17) is 4.42 Å². The third kappa shape index (κ3) is 2.78. The number of anilines is 1. The standard InChI is InChI=1S/C13H12N6O2/c1-2-10-16-11(18-17-10)12(20)15-9-5-3-4-8(6-9)13-19-14-7-21-13/h3-7H,2H2,1H3,(H,15,20)(H,16,17,18). The first-order chi connectivity index (χ1) is 10.3. The summed E-state index contributed by atoms with van der Waals surface area (Å²) in [7, 11) is 0. The number of hydrogen-bond donors (Lipinski definition) is 2. The molecule has 8 nitrogen and oxygen atoms in total. The number of aromatic amines is 1. The molecule has 8 heteroatoms. The van der Waals surface area contributed by atoms with E-state index in [1.54, 1.807) is 18.2 Å². The molecular formula is C13H12N6O2. The molecule has 0 unspecified atom stereocenters. The molecule has 0 aliphatic carbocycles. The van der Waals surface area contributed by atoms with E-state index in [9.17, 15) is 4.79 Å². The molecule has 0 bridgehead atoms. The highest BCUT2D eigenvalue weighted by Crippen LogP contribution is 2.20. The number of carbonyl (C=O) groups is 1. The number of H-pyrrole nitrogens is 1. The van der Waals surface area contributed by atoms with Crippen LogP contribution < -0.4 is 5.32 Å². The third-order valence-corrected chi connectivity index (χ3v) is 2.80. The summed E-state index contributed by atoms with van der Waals surface area (Å²) < 4.78 is 5.12. The van der Waals surface area contributed by atoms with Gasteiger partial charge in [-0.3, -0.25) is 9.89 Å². The number of benzene rings is 1. The van der Waals surface area contributed by atoms with Crippen LogP contribution in [0.4, 0.5) is 5.69 Å². The zero-order valence-electron chi connectivity index (χ0n) is 11.2. The molecule has 106 valence electrons. The molecular weight excluding hydrogens is 272 g/mol. The summed E-state index contributed by atoms with van der Waals surface area (Å²) >= 11 is 0. The maximum Gasteiger partial charge on any atom is 0.295 e. The van der Waals surface area contributed by atoms with Gasteiger partial charge in [-0.15, -0.1) is 15.3 Å². The predicted molar refractivity (Wildman–Crippen MR) is 73.4 cm³/mol. The van der Waals surface area contributed by atoms with Crippen LogP contribution in [0.3, 0.4) is 0 Å². The van der Waals surface area contributed by atoms with Crippen molar-refractivity contribution in [3.63, 3.8) is 0 Å². The normalized spacial score (nSPS) is 10.5. The lowest BCUT2D eigenvalue weighted by molar-refractivity contribution is 0.101. The SMILES string of the molecule is CCc1nc(C(=O)Nc2cccc(-c3nnco3)c2)n[nH]1. The van der Waals surface area contributed by atoms with E-state index >= 15 is 0 Å². The van der Waals surface area contributed by atoms with E-state index in [0.29, 0.717) is 23.8 Å². The molecule has 0 aliphatic rings. The van der Waals surface area contributed by atoms with Crippen LogP contribution in [0.25, 0.3) is 11.5 Å². The number of amides is 1. The molecule has 21 heavy (non-hydrogen) atoms. The van der Waals surface area contributed by atoms with Crippen LogP contribution in [0.1, 0.15) is 23.4 Å². The minimum Gasteiger partial charge on any atom is -0.423 e. The summed E-state index contributed by atoms with van der Waals surface area (Å²) in [5, 5.41) is 16.7. The number of carbonyl (C=O) groups excluding carboxylic acids is 1. The highest BCUT2D eigenvalue weighted by Gasteiger charge is 2.13. The van der Waals surface area contributed by atoms with Crippen molar-refractivity contribution in [1.82, 2.24) is 25.4 Å². The van der Waals surface area contributed by atoms with E-state index in [1.807, 2.05) is 13.0 Å². The van der Waals surface area contributed by atoms with Gasteiger partial charge < -0.3 is 9.73 Å². The van der Waals surface area contributed by atoms with Crippen molar-refractivity contribution < 1.29 is 9.21 Å². The summed E-state index contributed by atoms with van der Waals surface area (Å²) in [5.41, 5.74) is 1.31. The Hall–Kier alpha value is -3.03. The van der Waals surface area contributed by atoms with E-state index in [1.165, 1.54) is 6.39 Å². The van der Waals surface area contributed by atoms with Crippen LogP contribution >= 0.6 is 0 Å². The largest absolute Gasteiger partial charge is 0.423 e. The fraction of sp³-hybridized carbons (Fsp3) is 0.154. The smallest absolute Gasteiger partial charge is 0.295 e. The highest BCUT2D eigenvalue weighted by molar-refractivity contribution is 6.01. The van der Waals surface area contributed by atoms with Gasteiger partial charge in [-0.05, 0) is 18.2 Å². The number of nitrogens with one attached hydrogen (secondary N) is 2. The van der Waals surface area contributed by atoms with Crippen molar-refractivity contribution in [3.05, 3.63) is 42.3 Å². The van der Waals surface area contributed by atoms with Gasteiger partial charge in [0.05, 0.1) is 0 Å². The van der Waals surface area contributed by atoms with Crippen molar-refractivity contribution in [1.29, 1.82) is 0 Å². The fourth-order valence-electron chi connectivity index (χ4n) is 1.77. The maximum absolute atomic E-state index is 12.0. The zero-order chi connectivity index (χ0) is 14.7. The van der Waals surface area contributed by atoms with Gasteiger partial charge >= 0.3 is 0 Å². The quantitative estimate of drug-likeness (QED) is 0.754. The molecule has 0 saturated carbocycles. The van der Waals surface area contributed by atoms with Crippen LogP contribution in [0.2, 0.25) is 0 Å². The minimum atomic E-state index is -0.381. The summed E-state index contributed by atoms with van der Waals surface area (Å²) in [6.45, 7) is 1.93. The number of hydrogen-bond acceptors (Lipinski definition) is 6. The Bertz CT molecular complexity index is 750. The third-order valence-electron chi connectivity index (χ3n) is 2.80. The van der Waals surface area contributed by atoms with E-state index in [0.717, 1.165) is 5.56 Å². The first kappa shape index (κ1) is 13.0. The monoisotopic (exact) mass is 284 g/mol. The average Bonchev–Trinajstić information content (AvgIpc) is 3.19. The second-order valence-electron chi connectivity index (χ2n) is 4.24. The van der Waals surface area contributed by atoms with Gasteiger partial charge in [-0.25, -0.2) is 4.98 Å². The van der Waals surface area contributed by atoms with Gasteiger partial charge in [0.2, 0.25) is 18.1 Å². The van der Waals surface area contributed by atoms with Gasteiger partial charge in [-0.2, -0.15) is 0 Å². The van der Waals surface area contributed by atoms with Crippen LogP contribution in [0.15, 0.2) is 35.1 Å². The van der Waals surface area contributed by atoms with Crippen LogP contribution in [-0.2, 0) is 6.42 Å². The van der Waals surface area contributed by atoms with E-state index in [-0.39, 0.29) is 11.7 Å². The Morgan fingerprint density at radius 3 is 3.05 bits per heavy atom. The van der Waals surface area contributed by atoms with Gasteiger partial charge in [-0.1, -0.05) is 13.0 Å². The van der Waals surface area contributed by atoms with Crippen LogP contribution in [0, 0.1) is 0 Å². The van der Waals surface area contributed by atoms with Gasteiger partial charge in [0.15, 0.2) is 0 Å². The van der Waals surface area contributed by atoms with Gasteiger partial charge in [0.25, 0.3) is 5.91 Å². The molecule has 1 amide bonds. The molecule has 1 aromatic carbocycles. The first-order valence-corrected chi connectivity index (χ1v) is 6.35. The molecule has 0 aliphatic heterocycles. The Morgan fingerprint density at radius 1 is 1.43 bits per heavy atom. The second kappa shape index (κ2) is 5.53. The van der Waals surface area contributed by atoms with Gasteiger partial charge in [0.1, 0.15) is 5.82 Å². The second-order valence-corrected chi connectivity index (χ2v) is 4.24. The lowest BCUT2D eigenvalue weighted by atomic mass is 10.2. The molecule has 2 aromatic heterocycles. The van der Waals surface area contributed by atoms with Crippen molar-refractivity contribution in [2.45, 2.75) is 13.3 Å². The molecule has 2 heterocycles. The average molecular weight is 284 g/mol. The molecule has 0 fully saturated rings. The topological polar surface area (TPSA) is 110 Å². The number of nitrogens with zero attached hydrogens (tertiary/aromatic N) is 4. The number of aromatic nitrogens is 5. The Balaban J connectivity index is 1.78. The lowest BCUT2D eigenvalue weighted by Crippen LogP contribution is -2.13. The molecule has 0 saturated heterocycles. The van der Waals surface area contributed by atoms with E-state index < -0.39 is 0 Å². The summed E-state index contributed by atoms with van der Waals surface area (Å²) in [6, 6.07) is 7.08. The lowest BCUT2D eigenvalue weighted by Gasteiger charge is -2.03. The molecule has 2 N–H and O–H groups in total. The van der Waals surface area contributed by atoms with E-state index in [2.05, 4.69) is 30.7 Å². The number of rotatable bonds is 4. The van der Waals surface area contributed by atoms with Crippen molar-refractivity contribution in [3.8, 4) is 11.5 Å². The zero-order valence-corrected chi connectivity index (χ0v) is 11.2. The maximum atomic E-state index is 12.0. The van der Waals surface area contributed by atoms with Crippen LogP contribution in [-0.4, -0.2) is 31.3 Å². The Kier molecular flexibility index (Phi) is 3.42. The predicted octanol–water partition coefficient (Wildman–Crippen LogP) is 1.67. The Morgan fingerprint density at radius 2 is 2.33 bits per heavy atom. The van der Waals surface area contributed by atoms with Crippen LogP contribution in [0.5, 0.6) is 0 Å². The number of aryl methyl sites for hydroxylation is 1. The Labute approximate surface area is 119 Å². The molecule has 3 aromatic rings. The molecule has 3 rings (SSSR count). The first-order valence-electron chi connectivity index (χ1n) is 6.35. The summed E-state index contributed by atoms with van der Waals surface area (Å²) in [4.78, 5) is 16.1. The molecule has 0 radical (unpaired) electrons. The summed E-state index contributed by atoms with van der Waals surface area (Å²) in [5.74, 6) is 0.778. The van der Waals surface area contributed by atoms with Crippen molar-refractivity contribution in [2.24, 2.45) is 0 Å². The highest BCUT2D eigenvalue weighted by atomic mass is 16.4. The molecule has 0 spiro atoms. The summed E-state index contributed by atoms with van der Waals surface area (Å²) in [6.07, 6.45) is 1.94.